The Labute approximate surface area is 174 Å². The lowest BCUT2D eigenvalue weighted by Crippen LogP contribution is -2.16. The van der Waals surface area contributed by atoms with Gasteiger partial charge in [-0.2, -0.15) is 0 Å². The molecule has 30 heavy (non-hydrogen) atoms. The zero-order valence-electron chi connectivity index (χ0n) is 17.1. The number of hydrogen-bond donors (Lipinski definition) is 2. The van der Waals surface area contributed by atoms with Gasteiger partial charge < -0.3 is 10.6 Å². The molecule has 6 nitrogen and oxygen atoms in total. The molecule has 2 aromatic heterocycles. The number of aryl methyl sites for hydroxylation is 3. The number of aromatic nitrogens is 2. The van der Waals surface area contributed by atoms with Crippen LogP contribution in [0.2, 0.25) is 0 Å². The van der Waals surface area contributed by atoms with Gasteiger partial charge in [0.05, 0.1) is 5.52 Å². The first-order valence-electron chi connectivity index (χ1n) is 9.66. The van der Waals surface area contributed by atoms with Crippen LogP contribution in [-0.2, 0) is 0 Å². The highest BCUT2D eigenvalue weighted by molar-refractivity contribution is 6.10. The van der Waals surface area contributed by atoms with E-state index in [1.165, 1.54) is 0 Å². The van der Waals surface area contributed by atoms with Gasteiger partial charge in [-0.15, -0.1) is 0 Å². The molecule has 2 heterocycles. The van der Waals surface area contributed by atoms with E-state index in [0.717, 1.165) is 16.7 Å². The summed E-state index contributed by atoms with van der Waals surface area (Å²) in [5.74, 6) is -0.592. The minimum Gasteiger partial charge on any atom is -0.320 e. The van der Waals surface area contributed by atoms with Gasteiger partial charge in [-0.25, -0.2) is 4.98 Å². The van der Waals surface area contributed by atoms with Crippen LogP contribution in [0, 0.1) is 20.8 Å². The molecule has 0 atom stereocenters. The summed E-state index contributed by atoms with van der Waals surface area (Å²) in [7, 11) is 0. The van der Waals surface area contributed by atoms with E-state index in [-0.39, 0.29) is 23.3 Å². The van der Waals surface area contributed by atoms with Crippen LogP contribution in [0.4, 0.5) is 11.4 Å². The number of pyridine rings is 1. The Bertz CT molecular complexity index is 1270. The lowest BCUT2D eigenvalue weighted by Gasteiger charge is -2.08. The summed E-state index contributed by atoms with van der Waals surface area (Å²) in [6.45, 7) is 5.89. The molecular weight excluding hydrogens is 376 g/mol. The number of amides is 2. The monoisotopic (exact) mass is 398 g/mol. The van der Waals surface area contributed by atoms with Crippen molar-refractivity contribution in [2.24, 2.45) is 0 Å². The summed E-state index contributed by atoms with van der Waals surface area (Å²) in [6, 6.07) is 18.7. The number of carbonyl (C=O) groups excluding carboxylic acids is 2. The van der Waals surface area contributed by atoms with Crippen LogP contribution in [0.25, 0.3) is 5.52 Å². The maximum absolute atomic E-state index is 13.0. The van der Waals surface area contributed by atoms with Crippen molar-refractivity contribution in [2.45, 2.75) is 20.8 Å². The van der Waals surface area contributed by atoms with Gasteiger partial charge in [-0.1, -0.05) is 35.9 Å². The lowest BCUT2D eigenvalue weighted by molar-refractivity contribution is 0.101. The molecule has 0 spiro atoms. The van der Waals surface area contributed by atoms with Gasteiger partial charge in [0.15, 0.2) is 5.69 Å². The molecule has 0 bridgehead atoms. The van der Waals surface area contributed by atoms with Crippen LogP contribution in [0.15, 0.2) is 66.9 Å². The Morgan fingerprint density at radius 2 is 1.63 bits per heavy atom. The smallest absolute Gasteiger partial charge is 0.292 e. The number of hydrogen-bond acceptors (Lipinski definition) is 3. The standard InChI is InChI=1S/C24H22N4O2/c1-15-7-6-8-18(14-15)25-24(30)22-27-21(20-9-4-5-12-28(20)22)23(29)26-19-11-10-16(2)13-17(19)3/h4-14H,1-3H3,(H,25,30)(H,26,29). The molecule has 0 saturated heterocycles. The Balaban J connectivity index is 1.68. The van der Waals surface area contributed by atoms with Gasteiger partial charge in [0.2, 0.25) is 5.82 Å². The van der Waals surface area contributed by atoms with Gasteiger partial charge in [0.1, 0.15) is 0 Å². The van der Waals surface area contributed by atoms with Gasteiger partial charge in [0, 0.05) is 17.6 Å². The minimum absolute atomic E-state index is 0.151. The number of rotatable bonds is 4. The molecule has 2 amide bonds. The van der Waals surface area contributed by atoms with Crippen molar-refractivity contribution in [1.82, 2.24) is 9.38 Å². The Kier molecular flexibility index (Phi) is 5.06. The molecule has 0 unspecified atom stereocenters. The average Bonchev–Trinajstić information content (AvgIpc) is 3.10. The fraction of sp³-hybridized carbons (Fsp3) is 0.125. The third-order valence-corrected chi connectivity index (χ3v) is 4.87. The second kappa shape index (κ2) is 7.83. The van der Waals surface area contributed by atoms with E-state index in [2.05, 4.69) is 15.6 Å². The Morgan fingerprint density at radius 1 is 0.833 bits per heavy atom. The zero-order chi connectivity index (χ0) is 21.3. The highest BCUT2D eigenvalue weighted by atomic mass is 16.2. The molecule has 6 heteroatoms. The summed E-state index contributed by atoms with van der Waals surface area (Å²) in [5, 5.41) is 5.76. The van der Waals surface area contributed by atoms with Crippen molar-refractivity contribution in [1.29, 1.82) is 0 Å². The topological polar surface area (TPSA) is 75.5 Å². The van der Waals surface area contributed by atoms with Crippen LogP contribution < -0.4 is 10.6 Å². The van der Waals surface area contributed by atoms with E-state index >= 15 is 0 Å². The van der Waals surface area contributed by atoms with Crippen molar-refractivity contribution >= 4 is 28.7 Å². The fourth-order valence-corrected chi connectivity index (χ4v) is 3.41. The van der Waals surface area contributed by atoms with Gasteiger partial charge >= 0.3 is 0 Å². The van der Waals surface area contributed by atoms with Crippen molar-refractivity contribution in [3.63, 3.8) is 0 Å². The fourth-order valence-electron chi connectivity index (χ4n) is 3.41. The average molecular weight is 398 g/mol. The highest BCUT2D eigenvalue weighted by Gasteiger charge is 2.22. The summed E-state index contributed by atoms with van der Waals surface area (Å²) < 4.78 is 1.63. The van der Waals surface area contributed by atoms with E-state index < -0.39 is 0 Å². The first kappa shape index (κ1) is 19.4. The zero-order valence-corrected chi connectivity index (χ0v) is 17.1. The van der Waals surface area contributed by atoms with E-state index in [1.54, 1.807) is 22.7 Å². The maximum Gasteiger partial charge on any atom is 0.292 e. The number of imidazole rings is 1. The molecule has 0 aliphatic heterocycles. The summed E-state index contributed by atoms with van der Waals surface area (Å²) in [6.07, 6.45) is 1.72. The molecule has 0 fully saturated rings. The highest BCUT2D eigenvalue weighted by Crippen LogP contribution is 2.20. The summed E-state index contributed by atoms with van der Waals surface area (Å²) in [4.78, 5) is 30.3. The lowest BCUT2D eigenvalue weighted by atomic mass is 10.1. The number of fused-ring (bicyclic) bond motifs is 1. The molecule has 0 radical (unpaired) electrons. The van der Waals surface area contributed by atoms with Crippen molar-refractivity contribution in [3.8, 4) is 0 Å². The molecule has 4 rings (SSSR count). The van der Waals surface area contributed by atoms with Crippen LogP contribution in [0.1, 0.15) is 37.8 Å². The Hall–Kier alpha value is -3.93. The second-order valence-electron chi connectivity index (χ2n) is 7.34. The van der Waals surface area contributed by atoms with E-state index in [0.29, 0.717) is 16.9 Å². The second-order valence-corrected chi connectivity index (χ2v) is 7.34. The predicted octanol–water partition coefficient (Wildman–Crippen LogP) is 4.76. The van der Waals surface area contributed by atoms with Crippen molar-refractivity contribution < 1.29 is 9.59 Å². The molecule has 2 aromatic carbocycles. The van der Waals surface area contributed by atoms with E-state index in [9.17, 15) is 9.59 Å². The van der Waals surface area contributed by atoms with Crippen molar-refractivity contribution in [3.05, 3.63) is 95.1 Å². The molecule has 150 valence electrons. The predicted molar refractivity (Wildman–Crippen MR) is 118 cm³/mol. The molecule has 0 saturated carbocycles. The summed E-state index contributed by atoms with van der Waals surface area (Å²) >= 11 is 0. The van der Waals surface area contributed by atoms with Gasteiger partial charge in [-0.05, 0) is 62.2 Å². The maximum atomic E-state index is 13.0. The largest absolute Gasteiger partial charge is 0.320 e. The third-order valence-electron chi connectivity index (χ3n) is 4.87. The number of anilines is 2. The molecule has 4 aromatic rings. The molecule has 2 N–H and O–H groups in total. The minimum atomic E-state index is -0.382. The normalized spacial score (nSPS) is 10.8. The number of benzene rings is 2. The van der Waals surface area contributed by atoms with Gasteiger partial charge in [0.25, 0.3) is 11.8 Å². The number of nitrogens with one attached hydrogen (secondary N) is 2. The third kappa shape index (κ3) is 3.80. The van der Waals surface area contributed by atoms with Gasteiger partial charge in [-0.3, -0.25) is 14.0 Å². The quantitative estimate of drug-likeness (QED) is 0.520. The number of carbonyl (C=O) groups is 2. The van der Waals surface area contributed by atoms with Crippen LogP contribution >= 0.6 is 0 Å². The van der Waals surface area contributed by atoms with Crippen molar-refractivity contribution in [2.75, 3.05) is 10.6 Å². The summed E-state index contributed by atoms with van der Waals surface area (Å²) in [5.41, 5.74) is 5.27. The first-order chi connectivity index (χ1) is 14.4. The number of nitrogens with zero attached hydrogens (tertiary/aromatic N) is 2. The molecule has 0 aliphatic rings. The van der Waals surface area contributed by atoms with E-state index in [1.807, 2.05) is 69.3 Å². The van der Waals surface area contributed by atoms with E-state index in [4.69, 9.17) is 0 Å². The van der Waals surface area contributed by atoms with Crippen LogP contribution in [0.3, 0.4) is 0 Å². The van der Waals surface area contributed by atoms with Crippen LogP contribution in [-0.4, -0.2) is 21.2 Å². The first-order valence-corrected chi connectivity index (χ1v) is 9.66. The molecular formula is C24H22N4O2. The molecule has 0 aliphatic carbocycles. The SMILES string of the molecule is Cc1cccc(NC(=O)c2nc(C(=O)Nc3ccc(C)cc3C)c3ccccn23)c1. The Morgan fingerprint density at radius 3 is 2.40 bits per heavy atom. The van der Waals surface area contributed by atoms with Crippen LogP contribution in [0.5, 0.6) is 0 Å².